The minimum absolute atomic E-state index is 0.159. The summed E-state index contributed by atoms with van der Waals surface area (Å²) in [4.78, 5) is 76.1. The first-order valence-electron chi connectivity index (χ1n) is 20.6. The highest BCUT2D eigenvalue weighted by Gasteiger charge is 2.69. The summed E-state index contributed by atoms with van der Waals surface area (Å²) in [6.45, 7) is 4.49. The molecule has 0 radical (unpaired) electrons. The number of carbonyl (C=O) groups is 5. The molecule has 1 aliphatic heterocycles. The van der Waals surface area contributed by atoms with Crippen LogP contribution in [0.4, 0.5) is 0 Å². The van der Waals surface area contributed by atoms with Gasteiger partial charge in [0.25, 0.3) is 0 Å². The second-order valence-corrected chi connectivity index (χ2v) is 16.6. The van der Waals surface area contributed by atoms with E-state index in [0.29, 0.717) is 23.5 Å². The van der Waals surface area contributed by atoms with Gasteiger partial charge in [-0.2, -0.15) is 0 Å². The maximum Gasteiger partial charge on any atom is 0.341 e. The molecular formula is C48H47NO15. The zero-order valence-corrected chi connectivity index (χ0v) is 35.9. The number of Topliss-reactive ketones (excluding diaryl/α,β-unsaturated/α-hetero) is 4. The molecule has 4 N–H and O–H groups in total. The quantitative estimate of drug-likeness (QED) is 0.164. The minimum Gasteiger partial charge on any atom is -0.506 e. The lowest BCUT2D eigenvalue weighted by molar-refractivity contribution is -0.228. The fourth-order valence-corrected chi connectivity index (χ4v) is 9.50. The van der Waals surface area contributed by atoms with Gasteiger partial charge in [0.1, 0.15) is 54.3 Å². The largest absolute Gasteiger partial charge is 0.506 e. The van der Waals surface area contributed by atoms with Crippen LogP contribution in [0.1, 0.15) is 99.9 Å². The van der Waals surface area contributed by atoms with E-state index in [1.54, 1.807) is 38.1 Å². The predicted octanol–water partition coefficient (Wildman–Crippen LogP) is 4.18. The number of ether oxygens (including phenoxy) is 6. The van der Waals surface area contributed by atoms with Crippen LogP contribution in [0.3, 0.4) is 0 Å². The number of methoxy groups -OCH3 is 3. The van der Waals surface area contributed by atoms with E-state index < -0.39 is 111 Å². The third kappa shape index (κ3) is 6.83. The fourth-order valence-electron chi connectivity index (χ4n) is 9.50. The average Bonchev–Trinajstić information content (AvgIpc) is 3.27. The highest BCUT2D eigenvalue weighted by atomic mass is 16.6. The maximum atomic E-state index is 15.2. The van der Waals surface area contributed by atoms with E-state index in [1.807, 2.05) is 30.3 Å². The molecule has 0 aromatic heterocycles. The van der Waals surface area contributed by atoms with Crippen molar-refractivity contribution in [2.45, 2.75) is 89.2 Å². The van der Waals surface area contributed by atoms with Gasteiger partial charge in [0.2, 0.25) is 11.6 Å². The average molecular weight is 878 g/mol. The molecule has 334 valence electrons. The molecule has 0 spiro atoms. The van der Waals surface area contributed by atoms with Crippen LogP contribution in [0.5, 0.6) is 17.2 Å². The Balaban J connectivity index is 1.21. The van der Waals surface area contributed by atoms with Crippen molar-refractivity contribution in [3.05, 3.63) is 122 Å². The number of hydrogen-bond acceptors (Lipinski definition) is 16. The van der Waals surface area contributed by atoms with E-state index in [2.05, 4.69) is 4.99 Å². The van der Waals surface area contributed by atoms with Gasteiger partial charge >= 0.3 is 5.97 Å². The Morgan fingerprint density at radius 3 is 2.17 bits per heavy atom. The van der Waals surface area contributed by atoms with Crippen LogP contribution < -0.4 is 9.47 Å². The molecule has 16 heteroatoms. The van der Waals surface area contributed by atoms with E-state index in [1.165, 1.54) is 20.3 Å². The van der Waals surface area contributed by atoms with Crippen molar-refractivity contribution in [3.8, 4) is 17.2 Å². The van der Waals surface area contributed by atoms with Crippen molar-refractivity contribution < 1.29 is 72.8 Å². The van der Waals surface area contributed by atoms with Gasteiger partial charge in [-0.1, -0.05) is 48.5 Å². The third-order valence-corrected chi connectivity index (χ3v) is 13.0. The van der Waals surface area contributed by atoms with E-state index in [4.69, 9.17) is 28.4 Å². The number of fused-ring (bicyclic) bond motifs is 5. The fraction of sp³-hybridized carbons (Fsp3) is 0.375. The molecule has 0 bridgehead atoms. The zero-order valence-electron chi connectivity index (χ0n) is 35.9. The number of aryl methyl sites for hydroxylation is 1. The number of ketones is 4. The number of phenols is 1. The summed E-state index contributed by atoms with van der Waals surface area (Å²) in [5.41, 5.74) is -6.50. The van der Waals surface area contributed by atoms with Crippen LogP contribution in [0.15, 0.2) is 71.7 Å². The molecule has 8 unspecified atom stereocenters. The lowest BCUT2D eigenvalue weighted by Crippen LogP contribution is -2.65. The molecular weight excluding hydrogens is 831 g/mol. The molecule has 64 heavy (non-hydrogen) atoms. The normalized spacial score (nSPS) is 27.9. The maximum absolute atomic E-state index is 15.2. The Labute approximate surface area is 367 Å². The molecule has 3 aliphatic carbocycles. The summed E-state index contributed by atoms with van der Waals surface area (Å²) in [5.74, 6) is -5.64. The summed E-state index contributed by atoms with van der Waals surface area (Å²) in [6.07, 6.45) is -7.84. The molecule has 8 atom stereocenters. The van der Waals surface area contributed by atoms with Gasteiger partial charge in [-0.15, -0.1) is 0 Å². The third-order valence-electron chi connectivity index (χ3n) is 13.0. The van der Waals surface area contributed by atoms with E-state index in [-0.39, 0.29) is 41.2 Å². The van der Waals surface area contributed by atoms with Gasteiger partial charge in [-0.3, -0.25) is 24.2 Å². The summed E-state index contributed by atoms with van der Waals surface area (Å²) in [7, 11) is 3.83. The monoisotopic (exact) mass is 877 g/mol. The number of carbonyl (C=O) groups excluding carboxylic acids is 5. The van der Waals surface area contributed by atoms with Crippen LogP contribution in [0, 0.1) is 12.3 Å². The van der Waals surface area contributed by atoms with Crippen LogP contribution >= 0.6 is 0 Å². The number of aliphatic hydroxyl groups excluding tert-OH is 2. The molecule has 1 fully saturated rings. The summed E-state index contributed by atoms with van der Waals surface area (Å²) in [5, 5.41) is 47.7. The van der Waals surface area contributed by atoms with Crippen molar-refractivity contribution in [2.75, 3.05) is 21.3 Å². The lowest BCUT2D eigenvalue weighted by atomic mass is 9.51. The predicted molar refractivity (Wildman–Crippen MR) is 225 cm³/mol. The van der Waals surface area contributed by atoms with Crippen molar-refractivity contribution >= 4 is 34.8 Å². The van der Waals surface area contributed by atoms with E-state index >= 15 is 4.79 Å². The van der Waals surface area contributed by atoms with Crippen molar-refractivity contribution in [3.63, 3.8) is 0 Å². The second-order valence-electron chi connectivity index (χ2n) is 16.6. The van der Waals surface area contributed by atoms with Crippen LogP contribution in [-0.4, -0.2) is 113 Å². The molecule has 8 rings (SSSR count). The van der Waals surface area contributed by atoms with Gasteiger partial charge in [0.15, 0.2) is 23.4 Å². The van der Waals surface area contributed by atoms with Gasteiger partial charge in [-0.05, 0) is 61.2 Å². The van der Waals surface area contributed by atoms with E-state index in [9.17, 15) is 39.6 Å². The van der Waals surface area contributed by atoms with Crippen molar-refractivity contribution in [2.24, 2.45) is 10.4 Å². The first-order chi connectivity index (χ1) is 30.5. The lowest BCUT2D eigenvalue weighted by Gasteiger charge is -2.52. The number of aromatic hydroxyl groups is 1. The number of esters is 1. The Bertz CT molecular complexity index is 2620. The number of rotatable bonds is 10. The standard InChI is InChI=1S/C48H47NO15/c1-22-16-26-17-32(51)47(3)44(56)35-29(18-28-34(38(35)53)31(50)19-30(37(28)52)49-45-42(60-5)39(54)40(59-4)23(2)64-45)43(55)48(47,58)36(26)41(33(22)46(57)61-6)63-21-25-12-14-27(15-13-25)62-20-24-10-8-7-9-11-24/h7-16,18,23,32,39-40,42,45,51,53-54,58H,17,19-21H2,1-6H3. The van der Waals surface area contributed by atoms with Crippen molar-refractivity contribution in [1.82, 2.24) is 0 Å². The highest BCUT2D eigenvalue weighted by Crippen LogP contribution is 2.59. The summed E-state index contributed by atoms with van der Waals surface area (Å²) in [6, 6.07) is 18.9. The first kappa shape index (κ1) is 44.5. The van der Waals surface area contributed by atoms with Gasteiger partial charge in [0.05, 0.1) is 48.0 Å². The number of aliphatic hydroxyl groups is 3. The Morgan fingerprint density at radius 2 is 1.52 bits per heavy atom. The van der Waals surface area contributed by atoms with Gasteiger partial charge < -0.3 is 48.8 Å². The Hall–Kier alpha value is -6.14. The topological polar surface area (TPSA) is 234 Å². The van der Waals surface area contributed by atoms with Crippen LogP contribution in [0.25, 0.3) is 0 Å². The molecule has 4 aromatic carbocycles. The number of benzene rings is 4. The minimum atomic E-state index is -2.99. The van der Waals surface area contributed by atoms with Gasteiger partial charge in [-0.25, -0.2) is 4.79 Å². The smallest absolute Gasteiger partial charge is 0.341 e. The Morgan fingerprint density at radius 1 is 0.859 bits per heavy atom. The molecule has 1 saturated heterocycles. The van der Waals surface area contributed by atoms with Crippen molar-refractivity contribution in [1.29, 1.82) is 0 Å². The number of nitrogens with zero attached hydrogens (tertiary/aromatic N) is 1. The molecule has 16 nitrogen and oxygen atoms in total. The first-order valence-corrected chi connectivity index (χ1v) is 20.6. The number of aliphatic imine (C=N–C) groups is 1. The summed E-state index contributed by atoms with van der Waals surface area (Å²) < 4.78 is 34.1. The van der Waals surface area contributed by atoms with Crippen LogP contribution in [-0.2, 0) is 44.2 Å². The molecule has 0 saturated carbocycles. The molecule has 0 amide bonds. The molecule has 4 aromatic rings. The molecule has 1 heterocycles. The van der Waals surface area contributed by atoms with Gasteiger partial charge in [0, 0.05) is 37.3 Å². The highest BCUT2D eigenvalue weighted by molar-refractivity contribution is 6.53. The second kappa shape index (κ2) is 16.8. The zero-order chi connectivity index (χ0) is 46.0. The number of hydrogen-bond donors (Lipinski definition) is 4. The van der Waals surface area contributed by atoms with Crippen LogP contribution in [0.2, 0.25) is 0 Å². The molecule has 4 aliphatic rings. The SMILES string of the molecule is COC(=O)c1c(C)cc2c(c1OCc1ccc(OCc3ccccc3)cc1)C1(O)C(=O)c3cc4c(c(O)c3C(=O)C1(C)C(O)C2)C(=O)CC(=NC1OC(C)C(OC)C(O)C1OC)C4=O. The van der Waals surface area contributed by atoms with E-state index in [0.717, 1.165) is 25.7 Å². The Kier molecular flexibility index (Phi) is 11.7. The number of phenolic OH excluding ortho intramolecular Hbond substituents is 1. The summed E-state index contributed by atoms with van der Waals surface area (Å²) >= 11 is 0.